The van der Waals surface area contributed by atoms with Crippen molar-refractivity contribution in [1.29, 1.82) is 0 Å². The van der Waals surface area contributed by atoms with Crippen LogP contribution in [0.2, 0.25) is 0 Å². The normalized spacial score (nSPS) is 11.5. The summed E-state index contributed by atoms with van der Waals surface area (Å²) in [4.78, 5) is 9.08. The number of nitrogens with zero attached hydrogens (tertiary/aromatic N) is 2. The van der Waals surface area contributed by atoms with Gasteiger partial charge in [0.25, 0.3) is 0 Å². The van der Waals surface area contributed by atoms with Crippen LogP contribution in [0.5, 0.6) is 5.75 Å². The molecule has 0 amide bonds. The van der Waals surface area contributed by atoms with Crippen LogP contribution in [0.25, 0.3) is 21.3 Å². The van der Waals surface area contributed by atoms with Crippen LogP contribution in [0.3, 0.4) is 0 Å². The highest BCUT2D eigenvalue weighted by Crippen LogP contribution is 2.36. The van der Waals surface area contributed by atoms with Gasteiger partial charge in [-0.05, 0) is 29.7 Å². The van der Waals surface area contributed by atoms with E-state index in [4.69, 9.17) is 14.9 Å². The molecule has 4 rings (SSSR count). The fraction of sp³-hybridized carbons (Fsp3) is 0.222. The van der Waals surface area contributed by atoms with Gasteiger partial charge in [-0.25, -0.2) is 4.98 Å². The molecule has 0 saturated carbocycles. The molecule has 0 aliphatic heterocycles. The summed E-state index contributed by atoms with van der Waals surface area (Å²) < 4.78 is 12.1. The number of fused-ring (bicyclic) bond motifs is 2. The minimum atomic E-state index is 0.418. The number of ether oxygens (including phenoxy) is 1. The van der Waals surface area contributed by atoms with E-state index in [-0.39, 0.29) is 0 Å². The van der Waals surface area contributed by atoms with Crippen LogP contribution in [0.15, 0.2) is 34.7 Å². The minimum absolute atomic E-state index is 0.418. The van der Waals surface area contributed by atoms with E-state index in [1.807, 2.05) is 12.1 Å². The Morgan fingerprint density at radius 1 is 1.20 bits per heavy atom. The highest BCUT2D eigenvalue weighted by Gasteiger charge is 2.13. The number of methoxy groups -OCH3 is 1. The maximum Gasteiger partial charge on any atom is 0.302 e. The van der Waals surface area contributed by atoms with Crippen LogP contribution in [0, 0.1) is 0 Å². The highest BCUT2D eigenvalue weighted by molar-refractivity contribution is 7.22. The number of nitrogen functional groups attached to an aromatic ring is 1. The molecule has 6 nitrogen and oxygen atoms in total. The first-order chi connectivity index (χ1) is 12.0. The first-order valence-corrected chi connectivity index (χ1v) is 8.76. The quantitative estimate of drug-likeness (QED) is 0.507. The van der Waals surface area contributed by atoms with Crippen LogP contribution >= 0.6 is 11.3 Å². The van der Waals surface area contributed by atoms with E-state index >= 15 is 0 Å². The Bertz CT molecular complexity index is 1070. The van der Waals surface area contributed by atoms with Gasteiger partial charge in [-0.2, -0.15) is 4.98 Å². The van der Waals surface area contributed by atoms with Gasteiger partial charge in [0.15, 0.2) is 10.7 Å². The second kappa shape index (κ2) is 5.93. The van der Waals surface area contributed by atoms with Gasteiger partial charge >= 0.3 is 6.01 Å². The molecule has 7 heteroatoms. The average Bonchev–Trinajstić information content (AvgIpc) is 3.15. The predicted molar refractivity (Wildman–Crippen MR) is 102 cm³/mol. The Hall–Kier alpha value is -2.80. The van der Waals surface area contributed by atoms with E-state index in [0.717, 1.165) is 21.3 Å². The zero-order valence-electron chi connectivity index (χ0n) is 14.2. The molecule has 0 aliphatic carbocycles. The Balaban J connectivity index is 1.70. The van der Waals surface area contributed by atoms with Gasteiger partial charge in [-0.1, -0.05) is 31.3 Å². The van der Waals surface area contributed by atoms with Crippen molar-refractivity contribution in [2.75, 3.05) is 18.2 Å². The van der Waals surface area contributed by atoms with E-state index in [0.29, 0.717) is 28.5 Å². The van der Waals surface area contributed by atoms with Crippen molar-refractivity contribution < 1.29 is 9.15 Å². The van der Waals surface area contributed by atoms with E-state index < -0.39 is 0 Å². The van der Waals surface area contributed by atoms with E-state index in [1.165, 1.54) is 16.9 Å². The SMILES string of the molecule is COc1cc(N)cc2sc(Nc3nc4cc(C(C)C)ccc4o3)nc12. The standard InChI is InChI=1S/C18H18N4O2S/c1-9(2)10-4-5-13-12(6-10)20-17(24-13)22-18-21-16-14(23-3)7-11(19)8-15(16)25-18/h4-9H,19H2,1-3H3,(H,20,21,22). The lowest BCUT2D eigenvalue weighted by Crippen LogP contribution is -1.90. The second-order valence-electron chi connectivity index (χ2n) is 6.11. The topological polar surface area (TPSA) is 86.2 Å². The minimum Gasteiger partial charge on any atom is -0.494 e. The maximum absolute atomic E-state index is 5.90. The number of nitrogens with one attached hydrogen (secondary N) is 1. The summed E-state index contributed by atoms with van der Waals surface area (Å²) in [6.07, 6.45) is 0. The molecule has 3 N–H and O–H groups in total. The third-order valence-corrected chi connectivity index (χ3v) is 4.91. The third kappa shape index (κ3) is 2.87. The summed E-state index contributed by atoms with van der Waals surface area (Å²) in [6.45, 7) is 4.31. The zero-order valence-corrected chi connectivity index (χ0v) is 15.0. The molecule has 0 bridgehead atoms. The summed E-state index contributed by atoms with van der Waals surface area (Å²) in [5, 5.41) is 3.81. The lowest BCUT2D eigenvalue weighted by atomic mass is 10.0. The molecular formula is C18H18N4O2S. The van der Waals surface area contributed by atoms with Crippen LogP contribution in [-0.2, 0) is 0 Å². The number of hydrogen-bond donors (Lipinski definition) is 2. The Morgan fingerprint density at radius 2 is 2.04 bits per heavy atom. The number of benzene rings is 2. The molecule has 4 aromatic rings. The van der Waals surface area contributed by atoms with Crippen molar-refractivity contribution in [3.63, 3.8) is 0 Å². The molecule has 128 valence electrons. The molecular weight excluding hydrogens is 336 g/mol. The van der Waals surface area contributed by atoms with Crippen LogP contribution < -0.4 is 15.8 Å². The third-order valence-electron chi connectivity index (χ3n) is 3.99. The summed E-state index contributed by atoms with van der Waals surface area (Å²) >= 11 is 1.47. The van der Waals surface area contributed by atoms with Crippen molar-refractivity contribution in [3.05, 3.63) is 35.9 Å². The average molecular weight is 354 g/mol. The number of thiazole rings is 1. The Morgan fingerprint density at radius 3 is 2.80 bits per heavy atom. The zero-order chi connectivity index (χ0) is 17.6. The van der Waals surface area contributed by atoms with Gasteiger partial charge in [0.1, 0.15) is 16.8 Å². The lowest BCUT2D eigenvalue weighted by Gasteiger charge is -2.02. The van der Waals surface area contributed by atoms with Crippen LogP contribution in [0.1, 0.15) is 25.3 Å². The van der Waals surface area contributed by atoms with Gasteiger partial charge < -0.3 is 14.9 Å². The smallest absolute Gasteiger partial charge is 0.302 e. The number of rotatable bonds is 4. The molecule has 25 heavy (non-hydrogen) atoms. The summed E-state index contributed by atoms with van der Waals surface area (Å²) in [5.74, 6) is 1.10. The summed E-state index contributed by atoms with van der Waals surface area (Å²) in [7, 11) is 1.60. The van der Waals surface area contributed by atoms with Gasteiger partial charge in [0.05, 0.1) is 11.8 Å². The van der Waals surface area contributed by atoms with Crippen molar-refractivity contribution in [3.8, 4) is 5.75 Å². The monoisotopic (exact) mass is 354 g/mol. The molecule has 0 saturated heterocycles. The molecule has 2 heterocycles. The van der Waals surface area contributed by atoms with Gasteiger partial charge in [0.2, 0.25) is 0 Å². The van der Waals surface area contributed by atoms with Crippen LogP contribution in [-0.4, -0.2) is 17.1 Å². The van der Waals surface area contributed by atoms with Gasteiger partial charge in [-0.3, -0.25) is 5.32 Å². The van der Waals surface area contributed by atoms with E-state index in [1.54, 1.807) is 13.2 Å². The van der Waals surface area contributed by atoms with Crippen molar-refractivity contribution in [2.45, 2.75) is 19.8 Å². The van der Waals surface area contributed by atoms with Crippen molar-refractivity contribution in [2.24, 2.45) is 0 Å². The molecule has 0 spiro atoms. The maximum atomic E-state index is 5.90. The first kappa shape index (κ1) is 15.7. The molecule has 0 radical (unpaired) electrons. The molecule has 0 unspecified atom stereocenters. The van der Waals surface area contributed by atoms with Gasteiger partial charge in [-0.15, -0.1) is 0 Å². The summed E-state index contributed by atoms with van der Waals surface area (Å²) in [5.41, 5.74) is 10.1. The molecule has 2 aromatic carbocycles. The Labute approximate surface area is 148 Å². The molecule has 2 aromatic heterocycles. The largest absolute Gasteiger partial charge is 0.494 e. The number of anilines is 3. The number of hydrogen-bond acceptors (Lipinski definition) is 7. The Kier molecular flexibility index (Phi) is 3.73. The van der Waals surface area contributed by atoms with E-state index in [2.05, 4.69) is 41.3 Å². The molecule has 0 aliphatic rings. The predicted octanol–water partition coefficient (Wildman–Crippen LogP) is 4.90. The number of nitrogens with two attached hydrogens (primary N) is 1. The van der Waals surface area contributed by atoms with Crippen molar-refractivity contribution >= 4 is 49.5 Å². The van der Waals surface area contributed by atoms with Crippen molar-refractivity contribution in [1.82, 2.24) is 9.97 Å². The molecule has 0 atom stereocenters. The van der Waals surface area contributed by atoms with Gasteiger partial charge in [0, 0.05) is 11.8 Å². The number of aromatic nitrogens is 2. The fourth-order valence-electron chi connectivity index (χ4n) is 2.68. The highest BCUT2D eigenvalue weighted by atomic mass is 32.1. The fourth-order valence-corrected chi connectivity index (χ4v) is 3.60. The van der Waals surface area contributed by atoms with Crippen LogP contribution in [0.4, 0.5) is 16.8 Å². The second-order valence-corrected chi connectivity index (χ2v) is 7.15. The number of oxazole rings is 1. The van der Waals surface area contributed by atoms with E-state index in [9.17, 15) is 0 Å². The lowest BCUT2D eigenvalue weighted by molar-refractivity contribution is 0.419. The first-order valence-electron chi connectivity index (χ1n) is 7.95. The molecule has 0 fully saturated rings. The summed E-state index contributed by atoms with van der Waals surface area (Å²) in [6, 6.07) is 10.1.